The quantitative estimate of drug-likeness (QED) is 0.516. The number of aromatic hydroxyl groups is 1. The van der Waals surface area contributed by atoms with Gasteiger partial charge in [-0.3, -0.25) is 4.90 Å². The first-order valence-corrected chi connectivity index (χ1v) is 16.0. The van der Waals surface area contributed by atoms with Crippen LogP contribution >= 0.6 is 0 Å². The SMILES string of the molecule is CC(C)(C)OC(=O)N1CCC(OCCN2CCC(N3CCN4c5cc(-c6ccccc6O)nnc5NC[C@H]4C3)CC2)CC1. The summed E-state index contributed by atoms with van der Waals surface area (Å²) in [5.74, 6) is 1.05. The van der Waals surface area contributed by atoms with Crippen molar-refractivity contribution in [1.82, 2.24) is 24.9 Å². The van der Waals surface area contributed by atoms with E-state index in [9.17, 15) is 9.90 Å². The molecule has 4 aliphatic rings. The van der Waals surface area contributed by atoms with Crippen molar-refractivity contribution in [3.8, 4) is 17.0 Å². The van der Waals surface area contributed by atoms with Gasteiger partial charge in [0, 0.05) is 57.4 Å². The fraction of sp³-hybridized carbons (Fsp3) is 0.656. The maximum atomic E-state index is 12.3. The zero-order chi connectivity index (χ0) is 30.0. The highest BCUT2D eigenvalue weighted by atomic mass is 16.6. The van der Waals surface area contributed by atoms with Gasteiger partial charge in [-0.05, 0) is 77.7 Å². The Hall–Kier alpha value is -3.15. The number of phenols is 1. The highest BCUT2D eigenvalue weighted by Gasteiger charge is 2.36. The maximum Gasteiger partial charge on any atom is 0.410 e. The van der Waals surface area contributed by atoms with Gasteiger partial charge in [0.2, 0.25) is 0 Å². The molecule has 1 aromatic heterocycles. The lowest BCUT2D eigenvalue weighted by molar-refractivity contribution is -0.0186. The Balaban J connectivity index is 0.926. The fourth-order valence-corrected chi connectivity index (χ4v) is 6.85. The monoisotopic (exact) mass is 593 g/mol. The number of para-hydroxylation sites is 1. The first-order chi connectivity index (χ1) is 20.7. The Kier molecular flexibility index (Phi) is 8.93. The lowest BCUT2D eigenvalue weighted by Gasteiger charge is -2.49. The van der Waals surface area contributed by atoms with Crippen LogP contribution in [-0.4, -0.2) is 125 Å². The normalized spacial score (nSPS) is 22.5. The number of nitrogens with one attached hydrogen (secondary N) is 1. The molecule has 3 fully saturated rings. The van der Waals surface area contributed by atoms with E-state index in [-0.39, 0.29) is 17.9 Å². The third kappa shape index (κ3) is 7.16. The number of hydrogen-bond donors (Lipinski definition) is 2. The van der Waals surface area contributed by atoms with E-state index in [2.05, 4.69) is 36.3 Å². The van der Waals surface area contributed by atoms with Gasteiger partial charge < -0.3 is 34.6 Å². The van der Waals surface area contributed by atoms with Crippen molar-refractivity contribution in [2.24, 2.45) is 0 Å². The van der Waals surface area contributed by atoms with Crippen LogP contribution in [0.3, 0.4) is 0 Å². The molecule has 2 N–H and O–H groups in total. The van der Waals surface area contributed by atoms with Gasteiger partial charge in [0.05, 0.1) is 30.1 Å². The van der Waals surface area contributed by atoms with E-state index in [0.717, 1.165) is 76.8 Å². The molecule has 0 aliphatic carbocycles. The van der Waals surface area contributed by atoms with Gasteiger partial charge in [0.25, 0.3) is 0 Å². The predicted molar refractivity (Wildman–Crippen MR) is 167 cm³/mol. The van der Waals surface area contributed by atoms with E-state index in [0.29, 0.717) is 36.4 Å². The number of rotatable bonds is 6. The third-order valence-electron chi connectivity index (χ3n) is 9.21. The Morgan fingerprint density at radius 3 is 2.51 bits per heavy atom. The molecule has 43 heavy (non-hydrogen) atoms. The van der Waals surface area contributed by atoms with E-state index < -0.39 is 5.60 Å². The van der Waals surface area contributed by atoms with Crippen molar-refractivity contribution in [1.29, 1.82) is 0 Å². The third-order valence-corrected chi connectivity index (χ3v) is 9.21. The number of amides is 1. The molecule has 0 spiro atoms. The number of piperazine rings is 1. The van der Waals surface area contributed by atoms with Crippen LogP contribution in [0.25, 0.3) is 11.3 Å². The minimum Gasteiger partial charge on any atom is -0.507 e. The molecule has 2 aromatic rings. The first-order valence-electron chi connectivity index (χ1n) is 16.0. The number of likely N-dealkylation sites (tertiary alicyclic amines) is 2. The molecule has 6 rings (SSSR count). The Bertz CT molecular complexity index is 1250. The standard InChI is InChI=1S/C32H47N7O4/c1-32(2,3)43-31(41)37-14-10-25(11-15-37)42-19-18-36-12-8-23(9-13-36)38-16-17-39-24(22-38)21-33-30-28(39)20-27(34-35-30)26-6-4-5-7-29(26)40/h4-7,20,23-25,40H,8-19,21-22H2,1-3H3,(H,33,35)/t24-/m0/s1. The van der Waals surface area contributed by atoms with Crippen molar-refractivity contribution < 1.29 is 19.4 Å². The molecule has 0 saturated carbocycles. The molecule has 1 atom stereocenters. The average molecular weight is 594 g/mol. The van der Waals surface area contributed by atoms with Gasteiger partial charge in [-0.2, -0.15) is 0 Å². The molecule has 5 heterocycles. The van der Waals surface area contributed by atoms with Crippen LogP contribution < -0.4 is 10.2 Å². The van der Waals surface area contributed by atoms with Gasteiger partial charge in [0.15, 0.2) is 5.82 Å². The number of phenolic OH excluding ortho intramolecular Hbond substituents is 1. The van der Waals surface area contributed by atoms with Crippen molar-refractivity contribution in [3.63, 3.8) is 0 Å². The molecule has 1 amide bonds. The van der Waals surface area contributed by atoms with E-state index in [1.165, 1.54) is 12.8 Å². The van der Waals surface area contributed by atoms with Crippen LogP contribution in [0.2, 0.25) is 0 Å². The van der Waals surface area contributed by atoms with Gasteiger partial charge in [-0.25, -0.2) is 4.79 Å². The molecule has 3 saturated heterocycles. The average Bonchev–Trinajstić information content (AvgIpc) is 3.00. The van der Waals surface area contributed by atoms with Gasteiger partial charge in [-0.1, -0.05) is 12.1 Å². The topological polar surface area (TPSA) is 107 Å². The molecule has 4 aliphatic heterocycles. The first kappa shape index (κ1) is 29.9. The molecule has 1 aromatic carbocycles. The number of anilines is 2. The van der Waals surface area contributed by atoms with E-state index in [1.54, 1.807) is 11.0 Å². The highest BCUT2D eigenvalue weighted by Crippen LogP contribution is 2.36. The molecule has 11 nitrogen and oxygen atoms in total. The molecule has 0 unspecified atom stereocenters. The highest BCUT2D eigenvalue weighted by molar-refractivity contribution is 5.76. The van der Waals surface area contributed by atoms with Crippen molar-refractivity contribution in [3.05, 3.63) is 30.3 Å². The number of hydrogen-bond acceptors (Lipinski definition) is 10. The smallest absolute Gasteiger partial charge is 0.410 e. The van der Waals surface area contributed by atoms with Crippen molar-refractivity contribution >= 4 is 17.6 Å². The maximum absolute atomic E-state index is 12.3. The van der Waals surface area contributed by atoms with Crippen LogP contribution in [-0.2, 0) is 9.47 Å². The molecular formula is C32H47N7O4. The van der Waals surface area contributed by atoms with E-state index in [4.69, 9.17) is 9.47 Å². The largest absolute Gasteiger partial charge is 0.507 e. The molecule has 11 heteroatoms. The summed E-state index contributed by atoms with van der Waals surface area (Å²) in [5.41, 5.74) is 2.03. The Morgan fingerprint density at radius 1 is 1.00 bits per heavy atom. The lowest BCUT2D eigenvalue weighted by atomic mass is 9.99. The number of fused-ring (bicyclic) bond motifs is 3. The van der Waals surface area contributed by atoms with E-state index in [1.807, 2.05) is 39.0 Å². The summed E-state index contributed by atoms with van der Waals surface area (Å²) in [6, 6.07) is 10.4. The zero-order valence-electron chi connectivity index (χ0n) is 25.9. The van der Waals surface area contributed by atoms with Crippen molar-refractivity contribution in [2.45, 2.75) is 70.2 Å². The van der Waals surface area contributed by atoms with Crippen LogP contribution in [0.1, 0.15) is 46.5 Å². The summed E-state index contributed by atoms with van der Waals surface area (Å²) in [6.07, 6.45) is 4.13. The van der Waals surface area contributed by atoms with Crippen LogP contribution in [0.15, 0.2) is 30.3 Å². The number of aromatic nitrogens is 2. The number of carbonyl (C=O) groups is 1. The summed E-state index contributed by atoms with van der Waals surface area (Å²) >= 11 is 0. The van der Waals surface area contributed by atoms with Crippen LogP contribution in [0, 0.1) is 0 Å². The lowest BCUT2D eigenvalue weighted by Crippen LogP contribution is -2.61. The minimum atomic E-state index is -0.458. The summed E-state index contributed by atoms with van der Waals surface area (Å²) in [5, 5.41) is 22.7. The van der Waals surface area contributed by atoms with Crippen molar-refractivity contribution in [2.75, 3.05) is 75.7 Å². The number of carbonyl (C=O) groups excluding carboxylic acids is 1. The zero-order valence-corrected chi connectivity index (χ0v) is 25.9. The summed E-state index contributed by atoms with van der Waals surface area (Å²) in [4.78, 5) is 21.8. The second-order valence-electron chi connectivity index (χ2n) is 13.3. The van der Waals surface area contributed by atoms with Crippen LogP contribution in [0.5, 0.6) is 5.75 Å². The summed E-state index contributed by atoms with van der Waals surface area (Å²) < 4.78 is 11.7. The summed E-state index contributed by atoms with van der Waals surface area (Å²) in [7, 11) is 0. The van der Waals surface area contributed by atoms with Gasteiger partial charge in [-0.15, -0.1) is 10.2 Å². The number of nitrogens with zero attached hydrogens (tertiary/aromatic N) is 6. The Labute approximate surface area is 255 Å². The number of benzene rings is 1. The molecule has 234 valence electrons. The van der Waals surface area contributed by atoms with Gasteiger partial charge >= 0.3 is 6.09 Å². The fourth-order valence-electron chi connectivity index (χ4n) is 6.85. The van der Waals surface area contributed by atoms with Gasteiger partial charge in [0.1, 0.15) is 11.4 Å². The Morgan fingerprint density at radius 2 is 1.77 bits per heavy atom. The molecular weight excluding hydrogens is 546 g/mol. The number of ether oxygens (including phenoxy) is 2. The number of piperidine rings is 2. The molecule has 0 radical (unpaired) electrons. The second-order valence-corrected chi connectivity index (χ2v) is 13.3. The summed E-state index contributed by atoms with van der Waals surface area (Å²) in [6.45, 7) is 15.0. The second kappa shape index (κ2) is 12.8. The van der Waals surface area contributed by atoms with Crippen LogP contribution in [0.4, 0.5) is 16.3 Å². The molecule has 0 bridgehead atoms. The predicted octanol–water partition coefficient (Wildman–Crippen LogP) is 3.65. The minimum absolute atomic E-state index is 0.215. The van der Waals surface area contributed by atoms with E-state index >= 15 is 0 Å².